The van der Waals surface area contributed by atoms with E-state index >= 15 is 0 Å². The number of imidazole rings is 1. The van der Waals surface area contributed by atoms with E-state index in [1.54, 1.807) is 6.20 Å². The first-order chi connectivity index (χ1) is 12.4. The van der Waals surface area contributed by atoms with Crippen LogP contribution in [0.3, 0.4) is 0 Å². The van der Waals surface area contributed by atoms with Crippen LogP contribution in [0, 0.1) is 11.3 Å². The summed E-state index contributed by atoms with van der Waals surface area (Å²) in [7, 11) is 0. The van der Waals surface area contributed by atoms with Gasteiger partial charge >= 0.3 is 12.2 Å². The minimum atomic E-state index is -4.24. The van der Waals surface area contributed by atoms with Crippen LogP contribution in [0.2, 0.25) is 0 Å². The fourth-order valence-electron chi connectivity index (χ4n) is 4.19. The summed E-state index contributed by atoms with van der Waals surface area (Å²) in [5, 5.41) is 2.80. The molecular weight excluding hydrogens is 349 g/mol. The molecule has 0 bridgehead atoms. The van der Waals surface area contributed by atoms with Gasteiger partial charge in [-0.3, -0.25) is 0 Å². The average molecular weight is 374 g/mol. The van der Waals surface area contributed by atoms with Crippen molar-refractivity contribution in [3.8, 4) is 0 Å². The van der Waals surface area contributed by atoms with Crippen LogP contribution in [-0.2, 0) is 17.8 Å². The van der Waals surface area contributed by atoms with E-state index in [1.807, 2.05) is 17.7 Å². The van der Waals surface area contributed by atoms with Gasteiger partial charge in [0.15, 0.2) is 0 Å². The number of hydrogen-bond acceptors (Lipinski definition) is 3. The van der Waals surface area contributed by atoms with Crippen LogP contribution in [-0.4, -0.2) is 53.0 Å². The van der Waals surface area contributed by atoms with Gasteiger partial charge in [-0.1, -0.05) is 0 Å². The first kappa shape index (κ1) is 19.0. The number of ether oxygens (including phenoxy) is 1. The molecule has 3 heterocycles. The van der Waals surface area contributed by atoms with Crippen LogP contribution in [0.15, 0.2) is 12.4 Å². The van der Waals surface area contributed by atoms with Crippen molar-refractivity contribution in [2.45, 2.75) is 45.5 Å². The summed E-state index contributed by atoms with van der Waals surface area (Å²) in [4.78, 5) is 18.3. The molecule has 3 rings (SSSR count). The lowest BCUT2D eigenvalue weighted by molar-refractivity contribution is -0.232. The third-order valence-corrected chi connectivity index (χ3v) is 5.64. The summed E-state index contributed by atoms with van der Waals surface area (Å²) in [6, 6.07) is -0.331. The number of aromatic nitrogens is 2. The van der Waals surface area contributed by atoms with E-state index in [4.69, 9.17) is 4.74 Å². The zero-order valence-electron chi connectivity index (χ0n) is 14.9. The molecule has 26 heavy (non-hydrogen) atoms. The molecule has 6 nitrogen and oxygen atoms in total. The molecule has 1 spiro atoms. The SMILES string of the molecule is CCn1ccnc1CNC(=O)N1CCC(C(F)(F)F)C2(CCOCC2)C1. The Morgan fingerprint density at radius 3 is 2.81 bits per heavy atom. The number of carbonyl (C=O) groups is 1. The Balaban J connectivity index is 1.66. The van der Waals surface area contributed by atoms with Crippen molar-refractivity contribution < 1.29 is 22.7 Å². The van der Waals surface area contributed by atoms with Crippen LogP contribution in [0.25, 0.3) is 0 Å². The molecule has 0 saturated carbocycles. The average Bonchev–Trinajstić information content (AvgIpc) is 3.06. The van der Waals surface area contributed by atoms with Gasteiger partial charge in [0.1, 0.15) is 5.82 Å². The van der Waals surface area contributed by atoms with Gasteiger partial charge < -0.3 is 19.5 Å². The Morgan fingerprint density at radius 2 is 2.15 bits per heavy atom. The van der Waals surface area contributed by atoms with Gasteiger partial charge in [0, 0.05) is 50.7 Å². The highest BCUT2D eigenvalue weighted by Crippen LogP contribution is 2.50. The van der Waals surface area contributed by atoms with Crippen molar-refractivity contribution in [1.82, 2.24) is 19.8 Å². The number of carbonyl (C=O) groups excluding carboxylic acids is 1. The van der Waals surface area contributed by atoms with E-state index in [9.17, 15) is 18.0 Å². The molecule has 0 aromatic carbocycles. The van der Waals surface area contributed by atoms with Gasteiger partial charge in [-0.2, -0.15) is 13.2 Å². The number of halogens is 3. The predicted molar refractivity (Wildman–Crippen MR) is 88.4 cm³/mol. The minimum absolute atomic E-state index is 0.0551. The van der Waals surface area contributed by atoms with Crippen LogP contribution >= 0.6 is 0 Å². The third kappa shape index (κ3) is 3.82. The number of piperidine rings is 1. The number of rotatable bonds is 3. The van der Waals surface area contributed by atoms with Crippen molar-refractivity contribution >= 4 is 6.03 Å². The maximum Gasteiger partial charge on any atom is 0.392 e. The van der Waals surface area contributed by atoms with Gasteiger partial charge in [-0.15, -0.1) is 0 Å². The van der Waals surface area contributed by atoms with Crippen molar-refractivity contribution in [3.63, 3.8) is 0 Å². The number of alkyl halides is 3. The lowest BCUT2D eigenvalue weighted by Gasteiger charge is -2.50. The van der Waals surface area contributed by atoms with Crippen molar-refractivity contribution in [1.29, 1.82) is 0 Å². The van der Waals surface area contributed by atoms with Crippen LogP contribution in [0.5, 0.6) is 0 Å². The van der Waals surface area contributed by atoms with E-state index in [2.05, 4.69) is 10.3 Å². The number of likely N-dealkylation sites (tertiary alicyclic amines) is 1. The highest BCUT2D eigenvalue weighted by Gasteiger charge is 2.56. The molecule has 9 heteroatoms. The molecule has 0 aliphatic carbocycles. The summed E-state index contributed by atoms with van der Waals surface area (Å²) in [5.41, 5.74) is -0.937. The van der Waals surface area contributed by atoms with Gasteiger partial charge in [0.25, 0.3) is 0 Å². The van der Waals surface area contributed by atoms with E-state index in [1.165, 1.54) is 4.90 Å². The topological polar surface area (TPSA) is 59.4 Å². The molecule has 2 amide bonds. The van der Waals surface area contributed by atoms with Crippen molar-refractivity contribution in [2.24, 2.45) is 11.3 Å². The number of nitrogens with one attached hydrogen (secondary N) is 1. The molecule has 1 aromatic heterocycles. The zero-order chi connectivity index (χ0) is 18.8. The summed E-state index contributed by atoms with van der Waals surface area (Å²) in [6.07, 6.45) is -0.140. The number of urea groups is 1. The summed E-state index contributed by atoms with van der Waals surface area (Å²) in [5.74, 6) is -0.645. The maximum atomic E-state index is 13.5. The van der Waals surface area contributed by atoms with Gasteiger partial charge in [0.2, 0.25) is 0 Å². The van der Waals surface area contributed by atoms with Crippen LogP contribution in [0.1, 0.15) is 32.0 Å². The molecular formula is C17H25F3N4O2. The summed E-state index contributed by atoms with van der Waals surface area (Å²) >= 11 is 0. The lowest BCUT2D eigenvalue weighted by Crippen LogP contribution is -2.58. The second-order valence-corrected chi connectivity index (χ2v) is 7.07. The fraction of sp³-hybridized carbons (Fsp3) is 0.765. The van der Waals surface area contributed by atoms with Gasteiger partial charge in [-0.05, 0) is 26.2 Å². The quantitative estimate of drug-likeness (QED) is 0.885. The molecule has 1 N–H and O–H groups in total. The largest absolute Gasteiger partial charge is 0.392 e. The van der Waals surface area contributed by atoms with Crippen LogP contribution in [0.4, 0.5) is 18.0 Å². The first-order valence-electron chi connectivity index (χ1n) is 9.03. The molecule has 2 saturated heterocycles. The number of hydrogen-bond donors (Lipinski definition) is 1. The zero-order valence-corrected chi connectivity index (χ0v) is 14.9. The van der Waals surface area contributed by atoms with E-state index < -0.39 is 17.5 Å². The molecule has 0 radical (unpaired) electrons. The molecule has 1 unspecified atom stereocenters. The van der Waals surface area contributed by atoms with Gasteiger partial charge in [-0.25, -0.2) is 9.78 Å². The highest BCUT2D eigenvalue weighted by atomic mass is 19.4. The Hall–Kier alpha value is -1.77. The Labute approximate surface area is 150 Å². The van der Waals surface area contributed by atoms with E-state index in [-0.39, 0.29) is 32.1 Å². The third-order valence-electron chi connectivity index (χ3n) is 5.64. The second-order valence-electron chi connectivity index (χ2n) is 7.07. The standard InChI is InChI=1S/C17H25F3N4O2/c1-2-23-8-6-21-14(23)11-22-15(25)24-7-3-13(17(18,19)20)16(12-24)4-9-26-10-5-16/h6,8,13H,2-5,7,9-12H2,1H3,(H,22,25). The predicted octanol–water partition coefficient (Wildman–Crippen LogP) is 2.79. The Morgan fingerprint density at radius 1 is 1.42 bits per heavy atom. The number of nitrogens with zero attached hydrogens (tertiary/aromatic N) is 3. The lowest BCUT2D eigenvalue weighted by atomic mass is 9.66. The molecule has 146 valence electrons. The number of aryl methyl sites for hydroxylation is 1. The highest BCUT2D eigenvalue weighted by molar-refractivity contribution is 5.74. The Kier molecular flexibility index (Phi) is 5.45. The summed E-state index contributed by atoms with van der Waals surface area (Å²) in [6.45, 7) is 3.84. The maximum absolute atomic E-state index is 13.5. The fourth-order valence-corrected chi connectivity index (χ4v) is 4.19. The monoisotopic (exact) mass is 374 g/mol. The van der Waals surface area contributed by atoms with Crippen molar-refractivity contribution in [2.75, 3.05) is 26.3 Å². The van der Waals surface area contributed by atoms with Gasteiger partial charge in [0.05, 0.1) is 12.5 Å². The molecule has 2 aliphatic rings. The molecule has 2 aliphatic heterocycles. The summed E-state index contributed by atoms with van der Waals surface area (Å²) < 4.78 is 47.8. The minimum Gasteiger partial charge on any atom is -0.381 e. The molecule has 1 atom stereocenters. The molecule has 2 fully saturated rings. The van der Waals surface area contributed by atoms with Crippen molar-refractivity contribution in [3.05, 3.63) is 18.2 Å². The first-order valence-corrected chi connectivity index (χ1v) is 9.03. The molecule has 1 aromatic rings. The van der Waals surface area contributed by atoms with E-state index in [0.29, 0.717) is 26.1 Å². The second kappa shape index (κ2) is 7.46. The van der Waals surface area contributed by atoms with E-state index in [0.717, 1.165) is 12.4 Å². The normalized spacial score (nSPS) is 23.2. The number of amides is 2. The smallest absolute Gasteiger partial charge is 0.381 e. The Bertz CT molecular complexity index is 626. The van der Waals surface area contributed by atoms with Crippen LogP contribution < -0.4 is 5.32 Å².